The van der Waals surface area contributed by atoms with Crippen molar-refractivity contribution in [2.75, 3.05) is 5.32 Å². The van der Waals surface area contributed by atoms with E-state index in [0.717, 1.165) is 23.2 Å². The van der Waals surface area contributed by atoms with Gasteiger partial charge in [-0.05, 0) is 77.1 Å². The predicted molar refractivity (Wildman–Crippen MR) is 160 cm³/mol. The number of amides is 2. The first-order valence-corrected chi connectivity index (χ1v) is 14.1. The summed E-state index contributed by atoms with van der Waals surface area (Å²) >= 11 is 6.00. The molecule has 1 aromatic heterocycles. The average molecular weight is 539 g/mol. The minimum atomic E-state index is -0.171. The van der Waals surface area contributed by atoms with Gasteiger partial charge in [0.2, 0.25) is 0 Å². The van der Waals surface area contributed by atoms with Crippen LogP contribution in [0, 0.1) is 0 Å². The quantitative estimate of drug-likeness (QED) is 0.226. The molecule has 0 radical (unpaired) electrons. The molecule has 1 fully saturated rings. The van der Waals surface area contributed by atoms with Gasteiger partial charge < -0.3 is 15.5 Å². The Labute approximate surface area is 236 Å². The molecule has 5 rings (SSSR count). The van der Waals surface area contributed by atoms with Gasteiger partial charge in [-0.3, -0.25) is 4.98 Å². The fraction of sp³-hybridized carbons (Fsp3) is 0.273. The monoisotopic (exact) mass is 538 g/mol. The lowest BCUT2D eigenvalue weighted by atomic mass is 9.95. The van der Waals surface area contributed by atoms with E-state index in [0.29, 0.717) is 29.8 Å². The van der Waals surface area contributed by atoms with Crippen molar-refractivity contribution in [3.05, 3.63) is 119 Å². The van der Waals surface area contributed by atoms with Gasteiger partial charge in [-0.15, -0.1) is 0 Å². The van der Waals surface area contributed by atoms with Gasteiger partial charge in [-0.25, -0.2) is 4.79 Å². The van der Waals surface area contributed by atoms with Crippen molar-refractivity contribution >= 4 is 23.3 Å². The van der Waals surface area contributed by atoms with E-state index in [9.17, 15) is 4.79 Å². The van der Waals surface area contributed by atoms with E-state index in [-0.39, 0.29) is 6.03 Å². The molecule has 0 saturated heterocycles. The SMILES string of the molecule is O=C(Nc1ccc(Cl)cc1)N(Cc1ccncc1)Cc1ccc(-c2ccc(CNC3CCCCC3)cc2)cc1. The Bertz CT molecular complexity index is 1320. The van der Waals surface area contributed by atoms with E-state index in [2.05, 4.69) is 64.1 Å². The van der Waals surface area contributed by atoms with Crippen molar-refractivity contribution in [1.29, 1.82) is 0 Å². The van der Waals surface area contributed by atoms with Crippen molar-refractivity contribution in [2.45, 2.75) is 57.8 Å². The van der Waals surface area contributed by atoms with Gasteiger partial charge in [0.05, 0.1) is 0 Å². The van der Waals surface area contributed by atoms with E-state index in [1.807, 2.05) is 12.1 Å². The number of urea groups is 1. The number of carbonyl (C=O) groups is 1. The van der Waals surface area contributed by atoms with Gasteiger partial charge in [0.15, 0.2) is 0 Å². The van der Waals surface area contributed by atoms with Crippen LogP contribution in [0.1, 0.15) is 48.8 Å². The molecule has 2 N–H and O–H groups in total. The van der Waals surface area contributed by atoms with E-state index in [1.165, 1.54) is 43.2 Å². The summed E-state index contributed by atoms with van der Waals surface area (Å²) in [7, 11) is 0. The topological polar surface area (TPSA) is 57.3 Å². The highest BCUT2D eigenvalue weighted by molar-refractivity contribution is 6.30. The number of hydrogen-bond donors (Lipinski definition) is 2. The molecule has 1 aliphatic carbocycles. The highest BCUT2D eigenvalue weighted by atomic mass is 35.5. The lowest BCUT2D eigenvalue weighted by Crippen LogP contribution is -2.34. The Morgan fingerprint density at radius 3 is 1.92 bits per heavy atom. The Balaban J connectivity index is 1.23. The number of aromatic nitrogens is 1. The van der Waals surface area contributed by atoms with Crippen LogP contribution in [0.15, 0.2) is 97.3 Å². The number of carbonyl (C=O) groups excluding carboxylic acids is 1. The summed E-state index contributed by atoms with van der Waals surface area (Å²) in [6.45, 7) is 1.88. The first-order valence-electron chi connectivity index (χ1n) is 13.7. The summed E-state index contributed by atoms with van der Waals surface area (Å²) in [5.41, 5.74) is 6.46. The number of halogens is 1. The molecule has 4 aromatic rings. The third-order valence-corrected chi connectivity index (χ3v) is 7.57. The molecule has 0 unspecified atom stereocenters. The average Bonchev–Trinajstić information content (AvgIpc) is 2.99. The highest BCUT2D eigenvalue weighted by Gasteiger charge is 2.16. The van der Waals surface area contributed by atoms with Gasteiger partial charge in [0.1, 0.15) is 0 Å². The molecule has 200 valence electrons. The van der Waals surface area contributed by atoms with Gasteiger partial charge in [0, 0.05) is 48.8 Å². The lowest BCUT2D eigenvalue weighted by molar-refractivity contribution is 0.206. The Morgan fingerprint density at radius 1 is 0.744 bits per heavy atom. The van der Waals surface area contributed by atoms with E-state index in [1.54, 1.807) is 41.6 Å². The van der Waals surface area contributed by atoms with Crippen LogP contribution in [0.4, 0.5) is 10.5 Å². The maximum atomic E-state index is 13.2. The third kappa shape index (κ3) is 7.92. The summed E-state index contributed by atoms with van der Waals surface area (Å²) in [5.74, 6) is 0. The molecule has 0 atom stereocenters. The van der Waals surface area contributed by atoms with E-state index < -0.39 is 0 Å². The predicted octanol–water partition coefficient (Wildman–Crippen LogP) is 8.06. The van der Waals surface area contributed by atoms with Gasteiger partial charge in [-0.2, -0.15) is 0 Å². The molecule has 1 aliphatic rings. The summed E-state index contributed by atoms with van der Waals surface area (Å²) in [5, 5.41) is 7.34. The van der Waals surface area contributed by atoms with Gasteiger partial charge in [0.25, 0.3) is 0 Å². The summed E-state index contributed by atoms with van der Waals surface area (Å²) in [6.07, 6.45) is 10.2. The summed E-state index contributed by atoms with van der Waals surface area (Å²) in [6, 6.07) is 28.8. The molecule has 1 saturated carbocycles. The third-order valence-electron chi connectivity index (χ3n) is 7.32. The van der Waals surface area contributed by atoms with Crippen molar-refractivity contribution in [2.24, 2.45) is 0 Å². The van der Waals surface area contributed by atoms with Crippen molar-refractivity contribution in [3.8, 4) is 11.1 Å². The smallest absolute Gasteiger partial charge is 0.316 e. The summed E-state index contributed by atoms with van der Waals surface area (Å²) in [4.78, 5) is 19.1. The molecule has 39 heavy (non-hydrogen) atoms. The number of pyridine rings is 1. The van der Waals surface area contributed by atoms with Crippen LogP contribution in [0.3, 0.4) is 0 Å². The summed E-state index contributed by atoms with van der Waals surface area (Å²) < 4.78 is 0. The molecule has 3 aromatic carbocycles. The molecule has 1 heterocycles. The van der Waals surface area contributed by atoms with E-state index >= 15 is 0 Å². The zero-order valence-electron chi connectivity index (χ0n) is 22.2. The number of benzene rings is 3. The second kappa shape index (κ2) is 13.4. The Hall–Kier alpha value is -3.67. The van der Waals surface area contributed by atoms with Crippen LogP contribution in [-0.2, 0) is 19.6 Å². The van der Waals surface area contributed by atoms with Crippen molar-refractivity contribution in [1.82, 2.24) is 15.2 Å². The van der Waals surface area contributed by atoms with Crippen LogP contribution in [0.25, 0.3) is 11.1 Å². The minimum Gasteiger partial charge on any atom is -0.316 e. The van der Waals surface area contributed by atoms with Gasteiger partial charge in [-0.1, -0.05) is 79.4 Å². The maximum Gasteiger partial charge on any atom is 0.322 e. The maximum absolute atomic E-state index is 13.2. The van der Waals surface area contributed by atoms with Crippen LogP contribution < -0.4 is 10.6 Å². The molecule has 2 amide bonds. The molecule has 5 nitrogen and oxygen atoms in total. The minimum absolute atomic E-state index is 0.171. The molecule has 0 aliphatic heterocycles. The molecular weight excluding hydrogens is 504 g/mol. The zero-order valence-corrected chi connectivity index (χ0v) is 22.9. The molecule has 0 spiro atoms. The first-order chi connectivity index (χ1) is 19.1. The normalized spacial score (nSPS) is 13.7. The number of anilines is 1. The Kier molecular flexibility index (Phi) is 9.26. The second-order valence-electron chi connectivity index (χ2n) is 10.3. The number of rotatable bonds is 9. The zero-order chi connectivity index (χ0) is 26.9. The Morgan fingerprint density at radius 2 is 1.31 bits per heavy atom. The molecular formula is C33H35ClN4O. The standard InChI is InChI=1S/C33H35ClN4O/c34-30-14-16-32(17-15-30)37-33(39)38(24-27-18-20-35-21-19-27)23-26-8-12-29(13-9-26)28-10-6-25(7-11-28)22-36-31-4-2-1-3-5-31/h6-21,31,36H,1-5,22-24H2,(H,37,39). The van der Waals surface area contributed by atoms with Gasteiger partial charge >= 0.3 is 6.03 Å². The van der Waals surface area contributed by atoms with Crippen molar-refractivity contribution < 1.29 is 4.79 Å². The molecule has 0 bridgehead atoms. The number of nitrogens with zero attached hydrogens (tertiary/aromatic N) is 2. The van der Waals surface area contributed by atoms with Crippen LogP contribution in [-0.4, -0.2) is 22.0 Å². The lowest BCUT2D eigenvalue weighted by Gasteiger charge is -2.24. The number of hydrogen-bond acceptors (Lipinski definition) is 3. The van der Waals surface area contributed by atoms with Crippen molar-refractivity contribution in [3.63, 3.8) is 0 Å². The van der Waals surface area contributed by atoms with Crippen LogP contribution in [0.2, 0.25) is 5.02 Å². The fourth-order valence-electron chi connectivity index (χ4n) is 5.05. The largest absolute Gasteiger partial charge is 0.322 e. The van der Waals surface area contributed by atoms with Crippen LogP contribution >= 0.6 is 11.6 Å². The van der Waals surface area contributed by atoms with E-state index in [4.69, 9.17) is 11.6 Å². The number of nitrogens with one attached hydrogen (secondary N) is 2. The molecule has 6 heteroatoms. The second-order valence-corrected chi connectivity index (χ2v) is 10.7. The highest BCUT2D eigenvalue weighted by Crippen LogP contribution is 2.23. The first kappa shape index (κ1) is 26.9. The van der Waals surface area contributed by atoms with Crippen LogP contribution in [0.5, 0.6) is 0 Å². The fourth-order valence-corrected chi connectivity index (χ4v) is 5.18.